The molecule has 0 spiro atoms. The van der Waals surface area contributed by atoms with E-state index in [1.807, 2.05) is 0 Å². The Balaban J connectivity index is 3.02. The Bertz CT molecular complexity index is 455. The van der Waals surface area contributed by atoms with Crippen LogP contribution in [0.2, 0.25) is 10.0 Å². The quantitative estimate of drug-likeness (QED) is 0.770. The zero-order valence-electron chi connectivity index (χ0n) is 8.30. The summed E-state index contributed by atoms with van der Waals surface area (Å²) < 4.78 is 10.5. The van der Waals surface area contributed by atoms with Crippen molar-refractivity contribution >= 4 is 23.2 Å². The first-order chi connectivity index (χ1) is 7.69. The number of halogens is 2. The second kappa shape index (κ2) is 6.18. The number of ether oxygens (including phenoxy) is 2. The van der Waals surface area contributed by atoms with Gasteiger partial charge in [0.05, 0.1) is 5.02 Å². The van der Waals surface area contributed by atoms with Gasteiger partial charge in [0.15, 0.2) is 11.5 Å². The molecule has 0 amide bonds. The molecule has 0 aromatic heterocycles. The molecule has 0 N–H and O–H groups in total. The first-order valence-corrected chi connectivity index (χ1v) is 5.06. The van der Waals surface area contributed by atoms with Crippen LogP contribution in [0.25, 0.3) is 0 Å². The van der Waals surface area contributed by atoms with Crippen LogP contribution >= 0.6 is 23.2 Å². The molecule has 0 aliphatic heterocycles. The molecule has 2 nitrogen and oxygen atoms in total. The largest absolute Gasteiger partial charge is 0.477 e. The molecule has 0 saturated heterocycles. The average molecular weight is 255 g/mol. The Morgan fingerprint density at radius 2 is 1.69 bits per heavy atom. The summed E-state index contributed by atoms with van der Waals surface area (Å²) in [5.41, 5.74) is 0. The van der Waals surface area contributed by atoms with Crippen LogP contribution in [-0.2, 0) is 0 Å². The van der Waals surface area contributed by atoms with E-state index < -0.39 is 0 Å². The molecule has 1 aromatic rings. The smallest absolute Gasteiger partial charge is 0.181 e. The van der Waals surface area contributed by atoms with Gasteiger partial charge in [0, 0.05) is 11.1 Å². The Morgan fingerprint density at radius 1 is 1.06 bits per heavy atom. The van der Waals surface area contributed by atoms with Gasteiger partial charge in [-0.3, -0.25) is 0 Å². The van der Waals surface area contributed by atoms with Crippen LogP contribution in [0.15, 0.2) is 12.1 Å². The Hall–Kier alpha value is -1.48. The summed E-state index contributed by atoms with van der Waals surface area (Å²) in [6, 6.07) is 3.11. The molecule has 1 rings (SSSR count). The molecule has 0 fully saturated rings. The topological polar surface area (TPSA) is 18.5 Å². The van der Waals surface area contributed by atoms with Crippen molar-refractivity contribution in [2.75, 3.05) is 13.2 Å². The fraction of sp³-hybridized carbons (Fsp3) is 0.167. The SMILES string of the molecule is C#CCOc1cc(Cl)cc(Cl)c1OCC#C. The van der Waals surface area contributed by atoms with Crippen LogP contribution in [0, 0.1) is 24.7 Å². The summed E-state index contributed by atoms with van der Waals surface area (Å²) in [6.45, 7) is 0.191. The molecule has 0 saturated carbocycles. The zero-order chi connectivity index (χ0) is 12.0. The molecule has 0 heterocycles. The first-order valence-electron chi connectivity index (χ1n) is 4.30. The summed E-state index contributed by atoms with van der Waals surface area (Å²) in [6.07, 6.45) is 10.2. The maximum absolute atomic E-state index is 5.94. The minimum Gasteiger partial charge on any atom is -0.477 e. The average Bonchev–Trinajstić information content (AvgIpc) is 2.24. The van der Waals surface area contributed by atoms with E-state index in [0.29, 0.717) is 21.5 Å². The molecule has 82 valence electrons. The van der Waals surface area contributed by atoms with E-state index in [1.54, 1.807) is 6.07 Å². The van der Waals surface area contributed by atoms with Crippen LogP contribution in [0.4, 0.5) is 0 Å². The van der Waals surface area contributed by atoms with Gasteiger partial charge in [-0.25, -0.2) is 0 Å². The van der Waals surface area contributed by atoms with Gasteiger partial charge >= 0.3 is 0 Å². The highest BCUT2D eigenvalue weighted by molar-refractivity contribution is 6.35. The Morgan fingerprint density at radius 3 is 2.31 bits per heavy atom. The zero-order valence-corrected chi connectivity index (χ0v) is 9.81. The maximum atomic E-state index is 5.94. The lowest BCUT2D eigenvalue weighted by Crippen LogP contribution is -2.00. The number of hydrogen-bond acceptors (Lipinski definition) is 2. The summed E-state index contributed by atoms with van der Waals surface area (Å²) in [4.78, 5) is 0. The van der Waals surface area contributed by atoms with Gasteiger partial charge in [0.2, 0.25) is 0 Å². The highest BCUT2D eigenvalue weighted by Gasteiger charge is 2.11. The lowest BCUT2D eigenvalue weighted by Gasteiger charge is -2.11. The van der Waals surface area contributed by atoms with Crippen molar-refractivity contribution in [3.05, 3.63) is 22.2 Å². The molecule has 1 aromatic carbocycles. The molecular weight excluding hydrogens is 247 g/mol. The van der Waals surface area contributed by atoms with Crippen molar-refractivity contribution < 1.29 is 9.47 Å². The third-order valence-corrected chi connectivity index (χ3v) is 2.08. The van der Waals surface area contributed by atoms with Crippen LogP contribution in [0.1, 0.15) is 0 Å². The molecule has 4 heteroatoms. The van der Waals surface area contributed by atoms with Crippen LogP contribution < -0.4 is 9.47 Å². The Kier molecular flexibility index (Phi) is 4.86. The molecule has 0 aliphatic carbocycles. The molecule has 0 bridgehead atoms. The summed E-state index contributed by atoms with van der Waals surface area (Å²) in [5.74, 6) is 5.39. The van der Waals surface area contributed by atoms with Gasteiger partial charge in [-0.05, 0) is 6.07 Å². The lowest BCUT2D eigenvalue weighted by molar-refractivity contribution is 0.315. The van der Waals surface area contributed by atoms with E-state index in [2.05, 4.69) is 11.8 Å². The van der Waals surface area contributed by atoms with Crippen LogP contribution in [0.3, 0.4) is 0 Å². The van der Waals surface area contributed by atoms with Gasteiger partial charge < -0.3 is 9.47 Å². The van der Waals surface area contributed by atoms with Crippen LogP contribution in [-0.4, -0.2) is 13.2 Å². The van der Waals surface area contributed by atoms with Gasteiger partial charge in [0.1, 0.15) is 13.2 Å². The molecule has 0 atom stereocenters. The van der Waals surface area contributed by atoms with Crippen molar-refractivity contribution in [2.24, 2.45) is 0 Å². The highest BCUT2D eigenvalue weighted by atomic mass is 35.5. The number of rotatable bonds is 4. The third-order valence-electron chi connectivity index (χ3n) is 1.59. The minimum absolute atomic E-state index is 0.0910. The first kappa shape index (κ1) is 12.6. The van der Waals surface area contributed by atoms with E-state index in [9.17, 15) is 0 Å². The number of hydrogen-bond donors (Lipinski definition) is 0. The van der Waals surface area contributed by atoms with Crippen molar-refractivity contribution in [2.45, 2.75) is 0 Å². The van der Waals surface area contributed by atoms with Crippen LogP contribution in [0.5, 0.6) is 11.5 Å². The van der Waals surface area contributed by atoms with E-state index in [4.69, 9.17) is 45.5 Å². The molecule has 0 unspecified atom stereocenters. The minimum atomic E-state index is 0.0910. The van der Waals surface area contributed by atoms with Gasteiger partial charge in [-0.2, -0.15) is 0 Å². The molecule has 0 radical (unpaired) electrons. The fourth-order valence-electron chi connectivity index (χ4n) is 1.02. The second-order valence-corrected chi connectivity index (χ2v) is 3.54. The summed E-state index contributed by atoms with van der Waals surface area (Å²) >= 11 is 11.8. The summed E-state index contributed by atoms with van der Waals surface area (Å²) in [5, 5.41) is 0.764. The molecule has 16 heavy (non-hydrogen) atoms. The monoisotopic (exact) mass is 254 g/mol. The maximum Gasteiger partial charge on any atom is 0.181 e. The second-order valence-electron chi connectivity index (χ2n) is 2.70. The van der Waals surface area contributed by atoms with Crippen molar-refractivity contribution in [1.82, 2.24) is 0 Å². The van der Waals surface area contributed by atoms with Gasteiger partial charge in [-0.15, -0.1) is 12.8 Å². The fourth-order valence-corrected chi connectivity index (χ4v) is 1.55. The van der Waals surface area contributed by atoms with Crippen molar-refractivity contribution in [1.29, 1.82) is 0 Å². The van der Waals surface area contributed by atoms with Gasteiger partial charge in [-0.1, -0.05) is 35.0 Å². The summed E-state index contributed by atoms with van der Waals surface area (Å²) in [7, 11) is 0. The van der Waals surface area contributed by atoms with E-state index >= 15 is 0 Å². The van der Waals surface area contributed by atoms with E-state index in [0.717, 1.165) is 0 Å². The highest BCUT2D eigenvalue weighted by Crippen LogP contribution is 2.38. The number of terminal acetylenes is 2. The number of benzene rings is 1. The molecule has 0 aliphatic rings. The van der Waals surface area contributed by atoms with Gasteiger partial charge in [0.25, 0.3) is 0 Å². The standard InChI is InChI=1S/C12H8Cl2O2/c1-3-5-15-11-8-9(13)7-10(14)12(11)16-6-4-2/h1-2,7-8H,5-6H2. The Labute approximate surface area is 104 Å². The van der Waals surface area contributed by atoms with Crippen molar-refractivity contribution in [3.8, 4) is 36.2 Å². The lowest BCUT2D eigenvalue weighted by atomic mass is 10.3. The molecular formula is C12H8Cl2O2. The van der Waals surface area contributed by atoms with E-state index in [1.165, 1.54) is 6.07 Å². The normalized spacial score (nSPS) is 9.00. The van der Waals surface area contributed by atoms with E-state index in [-0.39, 0.29) is 13.2 Å². The predicted octanol–water partition coefficient (Wildman–Crippen LogP) is 3.02. The van der Waals surface area contributed by atoms with Crippen molar-refractivity contribution in [3.63, 3.8) is 0 Å². The third kappa shape index (κ3) is 3.28. The predicted molar refractivity (Wildman–Crippen MR) is 65.1 cm³/mol.